The fourth-order valence-electron chi connectivity index (χ4n) is 1.19. The van der Waals surface area contributed by atoms with Crippen LogP contribution in [0.1, 0.15) is 19.4 Å². The topological polar surface area (TPSA) is 32.7 Å². The number of nitrogens with zero attached hydrogens (tertiary/aromatic N) is 1. The van der Waals surface area contributed by atoms with Gasteiger partial charge in [-0.25, -0.2) is 0 Å². The van der Waals surface area contributed by atoms with E-state index in [1.807, 2.05) is 38.1 Å². The highest BCUT2D eigenvalue weighted by atomic mass is 16.5. The van der Waals surface area contributed by atoms with Gasteiger partial charge < -0.3 is 9.94 Å². The smallest absolute Gasteiger partial charge is 0.123 e. The van der Waals surface area contributed by atoms with Gasteiger partial charge in [0.05, 0.1) is 13.7 Å². The predicted molar refractivity (Wildman–Crippen MR) is 55.5 cm³/mol. The van der Waals surface area contributed by atoms with Crippen molar-refractivity contribution in [2.24, 2.45) is 0 Å². The first-order valence-electron chi connectivity index (χ1n) is 4.72. The van der Waals surface area contributed by atoms with Gasteiger partial charge in [-0.3, -0.25) is 0 Å². The molecule has 0 aliphatic carbocycles. The average molecular weight is 195 g/mol. The van der Waals surface area contributed by atoms with Crippen LogP contribution in [0.5, 0.6) is 5.75 Å². The van der Waals surface area contributed by atoms with Gasteiger partial charge in [-0.15, -0.1) is 0 Å². The van der Waals surface area contributed by atoms with E-state index in [9.17, 15) is 5.21 Å². The van der Waals surface area contributed by atoms with Crippen LogP contribution in [-0.4, -0.2) is 23.4 Å². The summed E-state index contributed by atoms with van der Waals surface area (Å²) in [5, 5.41) is 10.9. The van der Waals surface area contributed by atoms with Gasteiger partial charge in [0, 0.05) is 11.6 Å². The van der Waals surface area contributed by atoms with E-state index in [0.29, 0.717) is 6.54 Å². The van der Waals surface area contributed by atoms with Gasteiger partial charge >= 0.3 is 0 Å². The Morgan fingerprint density at radius 2 is 2.00 bits per heavy atom. The van der Waals surface area contributed by atoms with Crippen molar-refractivity contribution in [1.29, 1.82) is 0 Å². The normalized spacial score (nSPS) is 11.0. The molecule has 0 radical (unpaired) electrons. The van der Waals surface area contributed by atoms with Crippen LogP contribution >= 0.6 is 0 Å². The van der Waals surface area contributed by atoms with E-state index >= 15 is 0 Å². The third-order valence-electron chi connectivity index (χ3n) is 2.12. The molecule has 0 aromatic heterocycles. The number of ether oxygens (including phenoxy) is 1. The Morgan fingerprint density at radius 3 is 2.57 bits per heavy atom. The number of methoxy groups -OCH3 is 1. The lowest BCUT2D eigenvalue weighted by Crippen LogP contribution is -2.26. The molecule has 1 aromatic carbocycles. The zero-order chi connectivity index (χ0) is 10.6. The second-order valence-corrected chi connectivity index (χ2v) is 3.50. The molecule has 14 heavy (non-hydrogen) atoms. The molecule has 0 bridgehead atoms. The number of hydrogen-bond donors (Lipinski definition) is 1. The molecule has 0 aliphatic heterocycles. The lowest BCUT2D eigenvalue weighted by Gasteiger charge is -2.19. The molecule has 0 unspecified atom stereocenters. The summed E-state index contributed by atoms with van der Waals surface area (Å²) in [6.45, 7) is 4.37. The number of hydroxylamine groups is 2. The van der Waals surface area contributed by atoms with Crippen molar-refractivity contribution in [2.45, 2.75) is 26.4 Å². The Hall–Kier alpha value is -1.06. The summed E-state index contributed by atoms with van der Waals surface area (Å²) in [4.78, 5) is 0. The summed E-state index contributed by atoms with van der Waals surface area (Å²) < 4.78 is 5.19. The van der Waals surface area contributed by atoms with Gasteiger partial charge in [0.2, 0.25) is 0 Å². The summed E-state index contributed by atoms with van der Waals surface area (Å²) in [6.07, 6.45) is 0. The molecule has 1 N–H and O–H groups in total. The third-order valence-corrected chi connectivity index (χ3v) is 2.12. The molecule has 0 heterocycles. The van der Waals surface area contributed by atoms with E-state index in [1.54, 1.807) is 7.11 Å². The predicted octanol–water partition coefficient (Wildman–Crippen LogP) is 2.29. The van der Waals surface area contributed by atoms with Gasteiger partial charge in [0.25, 0.3) is 0 Å². The first kappa shape index (κ1) is 11.0. The first-order chi connectivity index (χ1) is 6.65. The van der Waals surface area contributed by atoms with E-state index in [-0.39, 0.29) is 6.04 Å². The van der Waals surface area contributed by atoms with Crippen LogP contribution in [0.25, 0.3) is 0 Å². The van der Waals surface area contributed by atoms with Crippen molar-refractivity contribution >= 4 is 0 Å². The maximum absolute atomic E-state index is 9.58. The minimum Gasteiger partial charge on any atom is -0.496 e. The molecule has 0 spiro atoms. The molecule has 3 heteroatoms. The van der Waals surface area contributed by atoms with Crippen LogP contribution in [0.2, 0.25) is 0 Å². The monoisotopic (exact) mass is 195 g/mol. The van der Waals surface area contributed by atoms with Crippen LogP contribution in [0.15, 0.2) is 24.3 Å². The Morgan fingerprint density at radius 1 is 1.36 bits per heavy atom. The average Bonchev–Trinajstić information content (AvgIpc) is 2.18. The maximum atomic E-state index is 9.58. The van der Waals surface area contributed by atoms with Crippen LogP contribution in [0.4, 0.5) is 0 Å². The van der Waals surface area contributed by atoms with Crippen molar-refractivity contribution in [3.63, 3.8) is 0 Å². The number of benzene rings is 1. The van der Waals surface area contributed by atoms with Crippen molar-refractivity contribution in [3.8, 4) is 5.75 Å². The highest BCUT2D eigenvalue weighted by Crippen LogP contribution is 2.19. The Balaban J connectivity index is 2.75. The number of para-hydroxylation sites is 1. The Kier molecular flexibility index (Phi) is 3.92. The van der Waals surface area contributed by atoms with E-state index in [0.717, 1.165) is 11.3 Å². The first-order valence-corrected chi connectivity index (χ1v) is 4.72. The molecule has 0 amide bonds. The van der Waals surface area contributed by atoms with Crippen molar-refractivity contribution in [1.82, 2.24) is 5.06 Å². The largest absolute Gasteiger partial charge is 0.496 e. The second-order valence-electron chi connectivity index (χ2n) is 3.50. The van der Waals surface area contributed by atoms with Gasteiger partial charge in [0.1, 0.15) is 5.75 Å². The fourth-order valence-corrected chi connectivity index (χ4v) is 1.19. The van der Waals surface area contributed by atoms with Crippen molar-refractivity contribution < 1.29 is 9.94 Å². The summed E-state index contributed by atoms with van der Waals surface area (Å²) in [5.74, 6) is 0.812. The molecule has 3 nitrogen and oxygen atoms in total. The summed E-state index contributed by atoms with van der Waals surface area (Å²) in [7, 11) is 1.63. The summed E-state index contributed by atoms with van der Waals surface area (Å²) in [6, 6.07) is 7.80. The standard InChI is InChI=1S/C11H17NO2/c1-9(2)12(13)8-10-6-4-5-7-11(10)14-3/h4-7,9,13H,8H2,1-3H3. The van der Waals surface area contributed by atoms with Crippen LogP contribution in [0.3, 0.4) is 0 Å². The third kappa shape index (κ3) is 2.72. The molecule has 0 aliphatic rings. The molecule has 1 rings (SSSR count). The zero-order valence-corrected chi connectivity index (χ0v) is 8.90. The van der Waals surface area contributed by atoms with Crippen molar-refractivity contribution in [3.05, 3.63) is 29.8 Å². The van der Waals surface area contributed by atoms with Gasteiger partial charge in [-0.05, 0) is 19.9 Å². The van der Waals surface area contributed by atoms with Crippen LogP contribution in [0, 0.1) is 0 Å². The molecular formula is C11H17NO2. The highest BCUT2D eigenvalue weighted by molar-refractivity contribution is 5.32. The molecule has 0 saturated heterocycles. The van der Waals surface area contributed by atoms with E-state index in [1.165, 1.54) is 5.06 Å². The molecule has 0 saturated carbocycles. The molecule has 1 aromatic rings. The summed E-state index contributed by atoms with van der Waals surface area (Å²) >= 11 is 0. The molecular weight excluding hydrogens is 178 g/mol. The van der Waals surface area contributed by atoms with Crippen LogP contribution in [-0.2, 0) is 6.54 Å². The molecule has 0 atom stereocenters. The fraction of sp³-hybridized carbons (Fsp3) is 0.455. The SMILES string of the molecule is COc1ccccc1CN(O)C(C)C. The quantitative estimate of drug-likeness (QED) is 0.748. The van der Waals surface area contributed by atoms with E-state index in [2.05, 4.69) is 0 Å². The minimum absolute atomic E-state index is 0.111. The van der Waals surface area contributed by atoms with E-state index < -0.39 is 0 Å². The highest BCUT2D eigenvalue weighted by Gasteiger charge is 2.09. The molecule has 78 valence electrons. The van der Waals surface area contributed by atoms with Crippen LogP contribution < -0.4 is 4.74 Å². The van der Waals surface area contributed by atoms with Gasteiger partial charge in [-0.2, -0.15) is 5.06 Å². The lowest BCUT2D eigenvalue weighted by molar-refractivity contribution is -0.125. The van der Waals surface area contributed by atoms with Gasteiger partial charge in [0.15, 0.2) is 0 Å². The summed E-state index contributed by atoms with van der Waals surface area (Å²) in [5.41, 5.74) is 0.992. The lowest BCUT2D eigenvalue weighted by atomic mass is 10.2. The Labute approximate surface area is 84.9 Å². The number of rotatable bonds is 4. The molecule has 0 fully saturated rings. The Bertz CT molecular complexity index is 286. The van der Waals surface area contributed by atoms with E-state index in [4.69, 9.17) is 4.74 Å². The van der Waals surface area contributed by atoms with Crippen molar-refractivity contribution in [2.75, 3.05) is 7.11 Å². The number of hydrogen-bond acceptors (Lipinski definition) is 3. The zero-order valence-electron chi connectivity index (χ0n) is 8.90. The minimum atomic E-state index is 0.111. The van der Waals surface area contributed by atoms with Gasteiger partial charge in [-0.1, -0.05) is 18.2 Å². The second kappa shape index (κ2) is 4.98. The maximum Gasteiger partial charge on any atom is 0.123 e.